The Morgan fingerprint density at radius 2 is 2.22 bits per heavy atom. The van der Waals surface area contributed by atoms with Crippen molar-refractivity contribution >= 4 is 28.6 Å². The monoisotopic (exact) mass is 344 g/mol. The van der Waals surface area contributed by atoms with E-state index in [1.54, 1.807) is 18.4 Å². The maximum atomic E-state index is 12.4. The predicted octanol–water partition coefficient (Wildman–Crippen LogP) is 4.12. The van der Waals surface area contributed by atoms with Gasteiger partial charge in [-0.05, 0) is 36.1 Å². The van der Waals surface area contributed by atoms with Crippen LogP contribution in [-0.2, 0) is 6.54 Å². The van der Waals surface area contributed by atoms with E-state index in [1.165, 1.54) is 11.3 Å². The summed E-state index contributed by atoms with van der Waals surface area (Å²) in [5, 5.41) is 7.88. The van der Waals surface area contributed by atoms with Crippen molar-refractivity contribution < 1.29 is 9.53 Å². The van der Waals surface area contributed by atoms with E-state index in [4.69, 9.17) is 4.74 Å². The van der Waals surface area contributed by atoms with Crippen LogP contribution in [0.4, 0.5) is 0 Å². The van der Waals surface area contributed by atoms with Gasteiger partial charge in [-0.15, -0.1) is 11.3 Å². The molecule has 6 heteroatoms. The quantitative estimate of drug-likeness (QED) is 0.757. The van der Waals surface area contributed by atoms with Crippen LogP contribution in [0.15, 0.2) is 41.1 Å². The van der Waals surface area contributed by atoms with Crippen molar-refractivity contribution in [2.45, 2.75) is 13.5 Å². The lowest BCUT2D eigenvalue weighted by atomic mass is 10.2. The van der Waals surface area contributed by atoms with Crippen LogP contribution >= 0.6 is 22.7 Å². The van der Waals surface area contributed by atoms with Gasteiger partial charge >= 0.3 is 0 Å². The lowest BCUT2D eigenvalue weighted by Crippen LogP contribution is -2.22. The SMILES string of the molecule is COc1cccc(CNC(=O)c2sc(-c3ccsc3)nc2C)c1. The summed E-state index contributed by atoms with van der Waals surface area (Å²) < 4.78 is 5.19. The molecule has 1 amide bonds. The number of benzene rings is 1. The molecule has 1 aromatic carbocycles. The molecule has 3 rings (SSSR count). The van der Waals surface area contributed by atoms with E-state index in [9.17, 15) is 4.79 Å². The smallest absolute Gasteiger partial charge is 0.263 e. The first-order valence-corrected chi connectivity index (χ1v) is 8.84. The number of hydrogen-bond donors (Lipinski definition) is 1. The summed E-state index contributed by atoms with van der Waals surface area (Å²) in [5.74, 6) is 0.690. The van der Waals surface area contributed by atoms with E-state index < -0.39 is 0 Å². The molecule has 0 aliphatic heterocycles. The Morgan fingerprint density at radius 1 is 1.35 bits per heavy atom. The Balaban J connectivity index is 1.71. The lowest BCUT2D eigenvalue weighted by molar-refractivity contribution is 0.0954. The molecule has 4 nitrogen and oxygen atoms in total. The molecule has 3 aromatic rings. The topological polar surface area (TPSA) is 51.2 Å². The molecule has 0 saturated heterocycles. The molecule has 0 aliphatic carbocycles. The van der Waals surface area contributed by atoms with Crippen molar-refractivity contribution in [1.82, 2.24) is 10.3 Å². The van der Waals surface area contributed by atoms with Gasteiger partial charge < -0.3 is 10.1 Å². The summed E-state index contributed by atoms with van der Waals surface area (Å²) in [6.07, 6.45) is 0. The number of ether oxygens (including phenoxy) is 1. The van der Waals surface area contributed by atoms with E-state index in [1.807, 2.05) is 48.0 Å². The first-order valence-electron chi connectivity index (χ1n) is 7.08. The first kappa shape index (κ1) is 15.7. The fourth-order valence-electron chi connectivity index (χ4n) is 2.16. The normalized spacial score (nSPS) is 10.5. The van der Waals surface area contributed by atoms with Gasteiger partial charge in [0.2, 0.25) is 0 Å². The molecule has 0 saturated carbocycles. The largest absolute Gasteiger partial charge is 0.497 e. The molecular weight excluding hydrogens is 328 g/mol. The minimum atomic E-state index is -0.0932. The fourth-order valence-corrected chi connectivity index (χ4v) is 3.86. The van der Waals surface area contributed by atoms with Crippen molar-refractivity contribution in [2.75, 3.05) is 7.11 Å². The number of nitrogens with zero attached hydrogens (tertiary/aromatic N) is 1. The van der Waals surface area contributed by atoms with Gasteiger partial charge in [-0.25, -0.2) is 4.98 Å². The molecule has 2 aromatic heterocycles. The molecular formula is C17H16N2O2S2. The highest BCUT2D eigenvalue weighted by Crippen LogP contribution is 2.29. The number of rotatable bonds is 5. The Bertz CT molecular complexity index is 810. The van der Waals surface area contributed by atoms with Gasteiger partial charge in [0.05, 0.1) is 12.8 Å². The highest BCUT2D eigenvalue weighted by Gasteiger charge is 2.16. The van der Waals surface area contributed by atoms with Crippen LogP contribution in [0.25, 0.3) is 10.6 Å². The molecule has 0 unspecified atom stereocenters. The second kappa shape index (κ2) is 6.93. The third-order valence-electron chi connectivity index (χ3n) is 3.36. The number of aromatic nitrogens is 1. The van der Waals surface area contributed by atoms with Gasteiger partial charge in [-0.2, -0.15) is 11.3 Å². The zero-order chi connectivity index (χ0) is 16.2. The number of amides is 1. The van der Waals surface area contributed by atoms with Gasteiger partial charge in [-0.3, -0.25) is 4.79 Å². The Labute approximate surface area is 142 Å². The van der Waals surface area contributed by atoms with Crippen LogP contribution in [0.1, 0.15) is 20.9 Å². The predicted molar refractivity (Wildman–Crippen MR) is 94.3 cm³/mol. The zero-order valence-corrected chi connectivity index (χ0v) is 14.5. The summed E-state index contributed by atoms with van der Waals surface area (Å²) in [6.45, 7) is 2.33. The van der Waals surface area contributed by atoms with Crippen LogP contribution < -0.4 is 10.1 Å². The van der Waals surface area contributed by atoms with Crippen molar-refractivity contribution in [3.8, 4) is 16.3 Å². The number of nitrogens with one attached hydrogen (secondary N) is 1. The van der Waals surface area contributed by atoms with Crippen molar-refractivity contribution in [1.29, 1.82) is 0 Å². The molecule has 0 bridgehead atoms. The number of hydrogen-bond acceptors (Lipinski definition) is 5. The van der Waals surface area contributed by atoms with Crippen LogP contribution in [0, 0.1) is 6.92 Å². The number of methoxy groups -OCH3 is 1. The molecule has 1 N–H and O–H groups in total. The lowest BCUT2D eigenvalue weighted by Gasteiger charge is -2.06. The summed E-state index contributed by atoms with van der Waals surface area (Å²) in [5.41, 5.74) is 2.83. The second-order valence-electron chi connectivity index (χ2n) is 4.98. The van der Waals surface area contributed by atoms with E-state index >= 15 is 0 Å². The standard InChI is InChI=1S/C17H16N2O2S2/c1-11-15(23-17(19-11)13-6-7-22-10-13)16(20)18-9-12-4-3-5-14(8-12)21-2/h3-8,10H,9H2,1-2H3,(H,18,20). The molecule has 118 valence electrons. The summed E-state index contributed by atoms with van der Waals surface area (Å²) in [7, 11) is 1.63. The van der Waals surface area contributed by atoms with E-state index in [2.05, 4.69) is 10.3 Å². The van der Waals surface area contributed by atoms with Crippen molar-refractivity contribution in [3.63, 3.8) is 0 Å². The summed E-state index contributed by atoms with van der Waals surface area (Å²) in [6, 6.07) is 9.68. The highest BCUT2D eigenvalue weighted by molar-refractivity contribution is 7.17. The third-order valence-corrected chi connectivity index (χ3v) is 5.25. The average molecular weight is 344 g/mol. The average Bonchev–Trinajstić information content (AvgIpc) is 3.22. The molecule has 2 heterocycles. The Hall–Kier alpha value is -2.18. The first-order chi connectivity index (χ1) is 11.2. The van der Waals surface area contributed by atoms with Crippen LogP contribution in [0.2, 0.25) is 0 Å². The number of carbonyl (C=O) groups excluding carboxylic acids is 1. The molecule has 0 atom stereocenters. The van der Waals surface area contributed by atoms with E-state index in [0.717, 1.165) is 27.6 Å². The Morgan fingerprint density at radius 3 is 2.96 bits per heavy atom. The van der Waals surface area contributed by atoms with Crippen molar-refractivity contribution in [3.05, 3.63) is 57.2 Å². The Kier molecular flexibility index (Phi) is 4.73. The molecule has 0 spiro atoms. The van der Waals surface area contributed by atoms with Crippen LogP contribution in [-0.4, -0.2) is 18.0 Å². The third kappa shape index (κ3) is 3.60. The summed E-state index contributed by atoms with van der Waals surface area (Å²) >= 11 is 3.05. The van der Waals surface area contributed by atoms with Gasteiger partial charge in [0.15, 0.2) is 0 Å². The van der Waals surface area contributed by atoms with Crippen LogP contribution in [0.3, 0.4) is 0 Å². The number of aryl methyl sites for hydroxylation is 1. The molecule has 0 radical (unpaired) electrons. The molecule has 0 aliphatic rings. The van der Waals surface area contributed by atoms with E-state index in [0.29, 0.717) is 11.4 Å². The van der Waals surface area contributed by atoms with Crippen LogP contribution in [0.5, 0.6) is 5.75 Å². The molecule has 0 fully saturated rings. The number of thiazole rings is 1. The fraction of sp³-hybridized carbons (Fsp3) is 0.176. The number of carbonyl (C=O) groups is 1. The van der Waals surface area contributed by atoms with Gasteiger partial charge in [0.25, 0.3) is 5.91 Å². The minimum Gasteiger partial charge on any atom is -0.497 e. The molecule has 23 heavy (non-hydrogen) atoms. The van der Waals surface area contributed by atoms with E-state index in [-0.39, 0.29) is 5.91 Å². The minimum absolute atomic E-state index is 0.0932. The van der Waals surface area contributed by atoms with Gasteiger partial charge in [-0.1, -0.05) is 12.1 Å². The summed E-state index contributed by atoms with van der Waals surface area (Å²) in [4.78, 5) is 17.6. The van der Waals surface area contributed by atoms with Crippen molar-refractivity contribution in [2.24, 2.45) is 0 Å². The van der Waals surface area contributed by atoms with Gasteiger partial charge in [0.1, 0.15) is 15.6 Å². The van der Waals surface area contributed by atoms with Gasteiger partial charge in [0, 0.05) is 17.5 Å². The zero-order valence-electron chi connectivity index (χ0n) is 12.8. The highest BCUT2D eigenvalue weighted by atomic mass is 32.1. The maximum absolute atomic E-state index is 12.4. The maximum Gasteiger partial charge on any atom is 0.263 e. The number of thiophene rings is 1. The second-order valence-corrected chi connectivity index (χ2v) is 6.76.